The van der Waals surface area contributed by atoms with Crippen molar-refractivity contribution in [1.29, 1.82) is 0 Å². The lowest BCUT2D eigenvalue weighted by molar-refractivity contribution is -0.121. The molecule has 2 N–H and O–H groups in total. The Bertz CT molecular complexity index is 376. The Hall–Kier alpha value is -0.620. The van der Waals surface area contributed by atoms with Crippen LogP contribution in [0.1, 0.15) is 25.7 Å². The Labute approximate surface area is 102 Å². The van der Waals surface area contributed by atoms with Crippen molar-refractivity contribution in [2.45, 2.75) is 31.7 Å². The van der Waals surface area contributed by atoms with Crippen molar-refractivity contribution in [3.8, 4) is 0 Å². The number of sulfone groups is 1. The van der Waals surface area contributed by atoms with Gasteiger partial charge in [-0.05, 0) is 31.7 Å². The van der Waals surface area contributed by atoms with Gasteiger partial charge in [-0.25, -0.2) is 8.42 Å². The Morgan fingerprint density at radius 3 is 2.59 bits per heavy atom. The summed E-state index contributed by atoms with van der Waals surface area (Å²) in [4.78, 5) is 11.3. The van der Waals surface area contributed by atoms with E-state index >= 15 is 0 Å². The fraction of sp³-hybridized carbons (Fsp3) is 0.909. The summed E-state index contributed by atoms with van der Waals surface area (Å²) >= 11 is 0. The van der Waals surface area contributed by atoms with E-state index < -0.39 is 9.84 Å². The summed E-state index contributed by atoms with van der Waals surface area (Å²) in [6, 6.07) is 0.419. The normalized spacial score (nSPS) is 26.9. The standard InChI is InChI=1S/C11H20N2O3S/c14-11(13-10-1-2-10)3-5-12-7-9-4-6-17(15,16)8-9/h9-10,12H,1-8H2,(H,13,14). The molecule has 0 bridgehead atoms. The summed E-state index contributed by atoms with van der Waals surface area (Å²) in [5, 5.41) is 6.08. The summed E-state index contributed by atoms with van der Waals surface area (Å²) in [6.07, 6.45) is 3.46. The molecule has 2 rings (SSSR count). The lowest BCUT2D eigenvalue weighted by Gasteiger charge is -2.09. The van der Waals surface area contributed by atoms with Crippen LogP contribution in [0, 0.1) is 5.92 Å². The smallest absolute Gasteiger partial charge is 0.221 e. The molecule has 6 heteroatoms. The summed E-state index contributed by atoms with van der Waals surface area (Å²) in [5.41, 5.74) is 0. The summed E-state index contributed by atoms with van der Waals surface area (Å²) in [7, 11) is -2.78. The van der Waals surface area contributed by atoms with E-state index in [1.807, 2.05) is 0 Å². The molecule has 1 atom stereocenters. The molecule has 17 heavy (non-hydrogen) atoms. The lowest BCUT2D eigenvalue weighted by Crippen LogP contribution is -2.31. The van der Waals surface area contributed by atoms with Gasteiger partial charge in [0.1, 0.15) is 0 Å². The molecule has 0 aromatic carbocycles. The van der Waals surface area contributed by atoms with E-state index in [0.29, 0.717) is 37.1 Å². The van der Waals surface area contributed by atoms with Crippen LogP contribution in [-0.4, -0.2) is 45.0 Å². The highest BCUT2D eigenvalue weighted by molar-refractivity contribution is 7.91. The number of amides is 1. The van der Waals surface area contributed by atoms with E-state index in [2.05, 4.69) is 10.6 Å². The van der Waals surface area contributed by atoms with Crippen LogP contribution in [0.25, 0.3) is 0 Å². The molecular formula is C11H20N2O3S. The molecule has 0 aromatic heterocycles. The first kappa shape index (κ1) is 12.8. The molecule has 0 radical (unpaired) electrons. The van der Waals surface area contributed by atoms with Crippen LogP contribution in [0.2, 0.25) is 0 Å². The quantitative estimate of drug-likeness (QED) is 0.642. The number of hydrogen-bond donors (Lipinski definition) is 2. The molecule has 98 valence electrons. The summed E-state index contributed by atoms with van der Waals surface area (Å²) in [5.74, 6) is 0.945. The largest absolute Gasteiger partial charge is 0.353 e. The first-order valence-electron chi connectivity index (χ1n) is 6.26. The van der Waals surface area contributed by atoms with Crippen molar-refractivity contribution < 1.29 is 13.2 Å². The highest BCUT2D eigenvalue weighted by Crippen LogP contribution is 2.18. The maximum Gasteiger partial charge on any atom is 0.221 e. The molecule has 1 amide bonds. The van der Waals surface area contributed by atoms with Crippen LogP contribution in [0.15, 0.2) is 0 Å². The fourth-order valence-corrected chi connectivity index (χ4v) is 3.93. The maximum atomic E-state index is 11.3. The van der Waals surface area contributed by atoms with Gasteiger partial charge in [0.15, 0.2) is 9.84 Å². The molecule has 1 saturated carbocycles. The van der Waals surface area contributed by atoms with Gasteiger partial charge in [-0.1, -0.05) is 0 Å². The zero-order chi connectivity index (χ0) is 12.3. The Morgan fingerprint density at radius 2 is 2.00 bits per heavy atom. The summed E-state index contributed by atoms with van der Waals surface area (Å²) < 4.78 is 22.4. The molecular weight excluding hydrogens is 240 g/mol. The van der Waals surface area contributed by atoms with Gasteiger partial charge >= 0.3 is 0 Å². The molecule has 1 saturated heterocycles. The van der Waals surface area contributed by atoms with Crippen molar-refractivity contribution in [3.05, 3.63) is 0 Å². The lowest BCUT2D eigenvalue weighted by atomic mass is 10.1. The number of nitrogens with one attached hydrogen (secondary N) is 2. The van der Waals surface area contributed by atoms with Gasteiger partial charge in [-0.15, -0.1) is 0 Å². The Morgan fingerprint density at radius 1 is 1.24 bits per heavy atom. The third kappa shape index (κ3) is 4.63. The zero-order valence-corrected chi connectivity index (χ0v) is 10.8. The van der Waals surface area contributed by atoms with E-state index in [9.17, 15) is 13.2 Å². The predicted octanol–water partition coefficient (Wildman–Crippen LogP) is -0.321. The molecule has 2 aliphatic rings. The number of hydrogen-bond acceptors (Lipinski definition) is 4. The van der Waals surface area contributed by atoms with Gasteiger partial charge in [0.05, 0.1) is 11.5 Å². The second kappa shape index (κ2) is 5.35. The average molecular weight is 260 g/mol. The third-order valence-electron chi connectivity index (χ3n) is 3.23. The highest BCUT2D eigenvalue weighted by atomic mass is 32.2. The van der Waals surface area contributed by atoms with Gasteiger partial charge in [0, 0.05) is 19.0 Å². The average Bonchev–Trinajstić information content (AvgIpc) is 2.98. The maximum absolute atomic E-state index is 11.3. The first-order valence-corrected chi connectivity index (χ1v) is 8.08. The SMILES string of the molecule is O=C(CCNCC1CCS(=O)(=O)C1)NC1CC1. The van der Waals surface area contributed by atoms with Gasteiger partial charge in [0.2, 0.25) is 5.91 Å². The Balaban J connectivity index is 1.52. The molecule has 5 nitrogen and oxygen atoms in total. The van der Waals surface area contributed by atoms with Crippen LogP contribution in [0.4, 0.5) is 0 Å². The highest BCUT2D eigenvalue weighted by Gasteiger charge is 2.27. The number of carbonyl (C=O) groups excluding carboxylic acids is 1. The number of carbonyl (C=O) groups is 1. The van der Waals surface area contributed by atoms with E-state index in [1.165, 1.54) is 0 Å². The summed E-state index contributed by atoms with van der Waals surface area (Å²) in [6.45, 7) is 1.34. The van der Waals surface area contributed by atoms with Gasteiger partial charge < -0.3 is 10.6 Å². The number of rotatable bonds is 6. The van der Waals surface area contributed by atoms with Crippen LogP contribution >= 0.6 is 0 Å². The minimum atomic E-state index is -2.78. The molecule has 0 aromatic rings. The van der Waals surface area contributed by atoms with Crippen LogP contribution in [-0.2, 0) is 14.6 Å². The zero-order valence-electron chi connectivity index (χ0n) is 9.94. The minimum Gasteiger partial charge on any atom is -0.353 e. The fourth-order valence-electron chi connectivity index (χ4n) is 2.07. The van der Waals surface area contributed by atoms with Crippen molar-refractivity contribution in [2.24, 2.45) is 5.92 Å². The molecule has 1 heterocycles. The van der Waals surface area contributed by atoms with E-state index in [4.69, 9.17) is 0 Å². The predicted molar refractivity (Wildman–Crippen MR) is 65.4 cm³/mol. The van der Waals surface area contributed by atoms with Crippen LogP contribution < -0.4 is 10.6 Å². The second-order valence-electron chi connectivity index (χ2n) is 5.06. The van der Waals surface area contributed by atoms with E-state index in [0.717, 1.165) is 19.3 Å². The third-order valence-corrected chi connectivity index (χ3v) is 5.07. The van der Waals surface area contributed by atoms with Crippen LogP contribution in [0.5, 0.6) is 0 Å². The van der Waals surface area contributed by atoms with Gasteiger partial charge in [-0.2, -0.15) is 0 Å². The minimum absolute atomic E-state index is 0.0963. The molecule has 1 unspecified atom stereocenters. The monoisotopic (exact) mass is 260 g/mol. The molecule has 1 aliphatic carbocycles. The van der Waals surface area contributed by atoms with Crippen molar-refractivity contribution in [2.75, 3.05) is 24.6 Å². The second-order valence-corrected chi connectivity index (χ2v) is 7.29. The van der Waals surface area contributed by atoms with Gasteiger partial charge in [0.25, 0.3) is 0 Å². The van der Waals surface area contributed by atoms with Crippen molar-refractivity contribution in [1.82, 2.24) is 10.6 Å². The molecule has 1 aliphatic heterocycles. The van der Waals surface area contributed by atoms with Gasteiger partial charge in [-0.3, -0.25) is 4.79 Å². The van der Waals surface area contributed by atoms with E-state index in [1.54, 1.807) is 0 Å². The first-order chi connectivity index (χ1) is 8.05. The van der Waals surface area contributed by atoms with Crippen molar-refractivity contribution in [3.63, 3.8) is 0 Å². The topological polar surface area (TPSA) is 75.3 Å². The van der Waals surface area contributed by atoms with E-state index in [-0.39, 0.29) is 11.8 Å². The Kier molecular flexibility index (Phi) is 4.04. The van der Waals surface area contributed by atoms with Crippen LogP contribution in [0.3, 0.4) is 0 Å². The molecule has 2 fully saturated rings. The molecule has 0 spiro atoms. The van der Waals surface area contributed by atoms with Crippen molar-refractivity contribution >= 4 is 15.7 Å².